The predicted molar refractivity (Wildman–Crippen MR) is 424 cm³/mol. The molecule has 0 saturated heterocycles. The van der Waals surface area contributed by atoms with Crippen molar-refractivity contribution in [3.8, 4) is 67.8 Å². The molecule has 0 aliphatic rings. The molecule has 0 radical (unpaired) electrons. The minimum Gasteiger partial charge on any atom is -0.346 e. The largest absolute Gasteiger partial charge is 0.346 e. The number of aromatic amines is 6. The Morgan fingerprint density at radius 2 is 0.781 bits per heavy atom. The van der Waals surface area contributed by atoms with Gasteiger partial charge in [0.25, 0.3) is 0 Å². The molecule has 0 saturated carbocycles. The Bertz CT molecular complexity index is 7790. The van der Waals surface area contributed by atoms with Gasteiger partial charge >= 0.3 is 0 Å². The molecule has 30 nitrogen and oxygen atoms in total. The third-order valence-corrected chi connectivity index (χ3v) is 18.6. The van der Waals surface area contributed by atoms with E-state index in [4.69, 9.17) is 37.9 Å². The maximum Gasteiger partial charge on any atom is 0.227 e. The van der Waals surface area contributed by atoms with Crippen LogP contribution >= 0.6 is 11.6 Å². The van der Waals surface area contributed by atoms with E-state index < -0.39 is 11.6 Å². The Kier molecular flexibility index (Phi) is 17.8. The number of pyridine rings is 10. The highest BCUT2D eigenvalue weighted by molar-refractivity contribution is 6.35. The number of benzene rings is 4. The van der Waals surface area contributed by atoms with Gasteiger partial charge in [0, 0.05) is 118 Å². The molecule has 33 heteroatoms. The Balaban J connectivity index is 0.000000110. The van der Waals surface area contributed by atoms with E-state index in [9.17, 15) is 28.0 Å². The minimum atomic E-state index is -0.434. The second-order valence-electron chi connectivity index (χ2n) is 25.4. The Morgan fingerprint density at radius 1 is 0.395 bits per heavy atom. The summed E-state index contributed by atoms with van der Waals surface area (Å²) in [6.45, 7) is 30.6. The van der Waals surface area contributed by atoms with Crippen molar-refractivity contribution in [1.82, 2.24) is 109 Å². The molecule has 0 spiro atoms. The third-order valence-electron chi connectivity index (χ3n) is 18.3. The van der Waals surface area contributed by atoms with Crippen LogP contribution in [0.2, 0.25) is 5.02 Å². The highest BCUT2D eigenvalue weighted by atomic mass is 35.5. The van der Waals surface area contributed by atoms with Gasteiger partial charge in [-0.3, -0.25) is 39.3 Å². The summed E-state index contributed by atoms with van der Waals surface area (Å²) >= 11 is 6.41. The maximum atomic E-state index is 13.7. The minimum absolute atomic E-state index is 0.115. The smallest absolute Gasteiger partial charge is 0.227 e. The van der Waals surface area contributed by atoms with Crippen molar-refractivity contribution in [2.75, 3.05) is 0 Å². The first-order valence-electron chi connectivity index (χ1n) is 34.0. The molecule has 4 aromatic carbocycles. The number of nitrogens with one attached hydrogen (secondary N) is 6. The topological polar surface area (TPSA) is 355 Å². The summed E-state index contributed by atoms with van der Waals surface area (Å²) in [6, 6.07) is 35.9. The molecule has 20 rings (SSSR count). The van der Waals surface area contributed by atoms with Crippen LogP contribution in [0, 0.1) is 44.8 Å². The lowest BCUT2D eigenvalue weighted by Gasteiger charge is -2.12. The van der Waals surface area contributed by atoms with E-state index in [1.165, 1.54) is 93.8 Å². The van der Waals surface area contributed by atoms with Crippen molar-refractivity contribution in [3.05, 3.63) is 329 Å². The first kappa shape index (κ1) is 70.0. The number of H-pyrrole nitrogens is 6. The fourth-order valence-corrected chi connectivity index (χ4v) is 13.1. The van der Waals surface area contributed by atoms with Crippen molar-refractivity contribution in [1.29, 1.82) is 0 Å². The SMILES string of the molecule is [C-]#[N+]c1cn(-c2nc3[nH]ccc(=O)c3cc2-c2ccc3ncc(F)cc3c2)nc1C.[C-]#[N+]c1cnn(-c2nc3[nH]ccc(=O)c3cc2-c2cc(Cl)c3[nH]ncc3c2)c1.[C-]#[N+]c1cnn(-c2nc3[nH]ccc(=O)c3cc2-c2ccc3[nH]ncc3c2)c1.[C-]#[N+]c1cnn(-c2nc3[nH]ccc(=O)c3cc2-c2ccc3ncc(F)cc3c2)c1. The molecule has 0 fully saturated rings. The zero-order chi connectivity index (χ0) is 78.4. The molecule has 0 amide bonds. The molecular formula is C81H45ClF2N26O4. The molecule has 16 aromatic heterocycles. The van der Waals surface area contributed by atoms with Crippen LogP contribution in [0.3, 0.4) is 0 Å². The number of nitrogens with zero attached hydrogens (tertiary/aromatic N) is 20. The average Bonchev–Trinajstić information content (AvgIpc) is 1.29. The van der Waals surface area contributed by atoms with Crippen molar-refractivity contribution < 1.29 is 8.78 Å². The number of halogens is 3. The lowest BCUT2D eigenvalue weighted by Crippen LogP contribution is -2.07. The van der Waals surface area contributed by atoms with Crippen LogP contribution in [0.1, 0.15) is 5.69 Å². The summed E-state index contributed by atoms with van der Waals surface area (Å²) in [5.41, 5.74) is 11.9. The Morgan fingerprint density at radius 3 is 1.19 bits per heavy atom. The summed E-state index contributed by atoms with van der Waals surface area (Å²) in [5, 5.41) is 36.3. The first-order valence-corrected chi connectivity index (χ1v) is 34.4. The molecular weight excluding hydrogens is 1470 g/mol. The van der Waals surface area contributed by atoms with Gasteiger partial charge in [0.05, 0.1) is 124 Å². The summed E-state index contributed by atoms with van der Waals surface area (Å²) in [6.07, 6.45) is 22.7. The Labute approximate surface area is 640 Å². The van der Waals surface area contributed by atoms with E-state index in [2.05, 4.69) is 110 Å². The first-order chi connectivity index (χ1) is 55.5. The van der Waals surface area contributed by atoms with Crippen molar-refractivity contribution in [2.24, 2.45) is 0 Å². The predicted octanol–water partition coefficient (Wildman–Crippen LogP) is 15.4. The second kappa shape index (κ2) is 29.0. The van der Waals surface area contributed by atoms with E-state index in [0.29, 0.717) is 139 Å². The molecule has 544 valence electrons. The van der Waals surface area contributed by atoms with Crippen molar-refractivity contribution >= 4 is 122 Å². The quantitative estimate of drug-likeness (QED) is 0.0770. The monoisotopic (exact) mass is 1520 g/mol. The van der Waals surface area contributed by atoms with Gasteiger partial charge in [-0.05, 0) is 114 Å². The number of aromatic nitrogens is 22. The van der Waals surface area contributed by atoms with E-state index in [-0.39, 0.29) is 21.7 Å². The molecule has 20 aromatic rings. The number of hydrogen-bond donors (Lipinski definition) is 6. The molecule has 0 atom stereocenters. The lowest BCUT2D eigenvalue weighted by molar-refractivity contribution is 0.624. The van der Waals surface area contributed by atoms with Crippen molar-refractivity contribution in [3.63, 3.8) is 0 Å². The summed E-state index contributed by atoms with van der Waals surface area (Å²) < 4.78 is 33.4. The van der Waals surface area contributed by atoms with Gasteiger partial charge in [-0.15, -0.1) is 0 Å². The van der Waals surface area contributed by atoms with E-state index in [1.54, 1.807) is 116 Å². The number of aryl methyl sites for hydroxylation is 1. The van der Waals surface area contributed by atoms with Gasteiger partial charge in [0.15, 0.2) is 45.0 Å². The van der Waals surface area contributed by atoms with Gasteiger partial charge in [-0.2, -0.15) is 30.6 Å². The molecule has 16 heterocycles. The zero-order valence-electron chi connectivity index (χ0n) is 58.5. The van der Waals surface area contributed by atoms with Crippen LogP contribution < -0.4 is 21.7 Å². The second-order valence-corrected chi connectivity index (χ2v) is 25.8. The van der Waals surface area contributed by atoms with Crippen LogP contribution in [0.4, 0.5) is 31.5 Å². The summed E-state index contributed by atoms with van der Waals surface area (Å²) in [7, 11) is 0. The molecule has 0 aliphatic carbocycles. The van der Waals surface area contributed by atoms with E-state index in [0.717, 1.165) is 49.6 Å². The fourth-order valence-electron chi connectivity index (χ4n) is 12.9. The molecule has 0 bridgehead atoms. The van der Waals surface area contributed by atoms with Gasteiger partial charge in [-0.25, -0.2) is 66.8 Å². The van der Waals surface area contributed by atoms with Crippen LogP contribution in [-0.4, -0.2) is 109 Å². The third kappa shape index (κ3) is 13.3. The van der Waals surface area contributed by atoms with Crippen LogP contribution in [0.15, 0.2) is 240 Å². The number of fused-ring (bicyclic) bond motifs is 8. The maximum absolute atomic E-state index is 13.7. The standard InChI is InChI=1S/C22H13FN6O.C21H11FN6O.C19H10ClN7O.C19H11N7O/c1-12-19(24-2)11-29(28-12)22-16(9-17-20(30)5-6-25-21(17)27-22)13-3-4-18-14(7-13)8-15(23)10-26-18;1-23-15-10-26-28(11-15)21-16(8-17-19(29)4-5-24-20(17)27-21)12-2-3-18-13(6-12)7-14(22)9-25-18;1-21-12-8-24-27(9-12)19-13(6-14-16(28)2-3-22-18(14)25-19)10-4-11-7-23-26-17(11)15(20)5-10;1-20-13-9-23-26(10-13)19-14(7-15-17(27)4-5-21-18(15)24-19)11-2-3-16-12(6-11)8-22-25-16/h3-11H,1H3,(H,25,27,30);2-11H,(H,24,27,29);2-9H,(H,23,26)(H,22,25,28);2-10H,(H,22,25)(H,21,24,27). The summed E-state index contributed by atoms with van der Waals surface area (Å²) in [4.78, 5) is 102. The van der Waals surface area contributed by atoms with Gasteiger partial charge in [0.2, 0.25) is 22.7 Å². The normalized spacial score (nSPS) is 11.1. The number of hydrogen-bond acceptors (Lipinski definition) is 16. The highest BCUT2D eigenvalue weighted by Crippen LogP contribution is 2.37. The molecule has 6 N–H and O–H groups in total. The Hall–Kier alpha value is -17.0. The zero-order valence-corrected chi connectivity index (χ0v) is 59.3. The van der Waals surface area contributed by atoms with Gasteiger partial charge in [-0.1, -0.05) is 29.8 Å². The lowest BCUT2D eigenvalue weighted by atomic mass is 10.0. The van der Waals surface area contributed by atoms with Crippen molar-refractivity contribution in [2.45, 2.75) is 6.92 Å². The highest BCUT2D eigenvalue weighted by Gasteiger charge is 2.22. The number of rotatable bonds is 8. The van der Waals surface area contributed by atoms with Crippen LogP contribution in [-0.2, 0) is 0 Å². The molecule has 0 unspecified atom stereocenters. The van der Waals surface area contributed by atoms with Gasteiger partial charge in [0.1, 0.15) is 34.2 Å². The summed E-state index contributed by atoms with van der Waals surface area (Å²) in [5.74, 6) is 1.03. The molecule has 0 aliphatic heterocycles. The fraction of sp³-hybridized carbons (Fsp3) is 0.0123. The van der Waals surface area contributed by atoms with Gasteiger partial charge < -0.3 is 19.9 Å². The van der Waals surface area contributed by atoms with E-state index >= 15 is 0 Å². The van der Waals surface area contributed by atoms with Crippen LogP contribution in [0.25, 0.3) is 175 Å². The van der Waals surface area contributed by atoms with E-state index in [1.807, 2.05) is 36.4 Å². The average molecular weight is 1520 g/mol. The molecule has 114 heavy (non-hydrogen) atoms. The van der Waals surface area contributed by atoms with Crippen LogP contribution in [0.5, 0.6) is 0 Å².